The first-order valence-electron chi connectivity index (χ1n) is 5.98. The van der Waals surface area contributed by atoms with E-state index < -0.39 is 0 Å². The van der Waals surface area contributed by atoms with Crippen molar-refractivity contribution in [1.82, 2.24) is 0 Å². The van der Waals surface area contributed by atoms with Crippen molar-refractivity contribution in [3.63, 3.8) is 0 Å². The summed E-state index contributed by atoms with van der Waals surface area (Å²) in [5, 5.41) is 20.0. The molecular weight excluding hydrogens is 242 g/mol. The summed E-state index contributed by atoms with van der Waals surface area (Å²) < 4.78 is 0. The average Bonchev–Trinajstić information content (AvgIpc) is 2.38. The Balaban J connectivity index is 2.59. The minimum Gasteiger partial charge on any atom is -0.392 e. The Morgan fingerprint density at radius 3 is 2.32 bits per heavy atom. The van der Waals surface area contributed by atoms with E-state index in [-0.39, 0.29) is 17.2 Å². The molecule has 19 heavy (non-hydrogen) atoms. The van der Waals surface area contributed by atoms with E-state index in [1.54, 1.807) is 12.1 Å². The lowest BCUT2D eigenvalue weighted by Crippen LogP contribution is -1.94. The Morgan fingerprint density at radius 2 is 1.79 bits per heavy atom. The van der Waals surface area contributed by atoms with Crippen molar-refractivity contribution in [2.45, 2.75) is 20.5 Å². The normalized spacial score (nSPS) is 10.5. The van der Waals surface area contributed by atoms with Crippen molar-refractivity contribution in [3.05, 3.63) is 63.2 Å². The second kappa shape index (κ2) is 5.20. The molecule has 0 aliphatic rings. The molecule has 4 heteroatoms. The molecule has 98 valence electrons. The topological polar surface area (TPSA) is 63.4 Å². The molecule has 0 fully saturated rings. The van der Waals surface area contributed by atoms with E-state index in [1.807, 2.05) is 38.1 Å². The first-order valence-corrected chi connectivity index (χ1v) is 5.98. The van der Waals surface area contributed by atoms with E-state index in [2.05, 4.69) is 0 Å². The fourth-order valence-electron chi connectivity index (χ4n) is 2.33. The van der Waals surface area contributed by atoms with Crippen LogP contribution in [-0.4, -0.2) is 10.0 Å². The number of rotatable bonds is 3. The molecule has 2 rings (SSSR count). The maximum Gasteiger partial charge on any atom is 0.269 e. The molecule has 0 aliphatic heterocycles. The van der Waals surface area contributed by atoms with Gasteiger partial charge in [-0.2, -0.15) is 0 Å². The highest BCUT2D eigenvalue weighted by Crippen LogP contribution is 2.31. The number of hydrogen-bond donors (Lipinski definition) is 1. The molecule has 0 spiro atoms. The van der Waals surface area contributed by atoms with Gasteiger partial charge in [-0.15, -0.1) is 0 Å². The minimum atomic E-state index is -0.381. The molecule has 0 amide bonds. The van der Waals surface area contributed by atoms with E-state index in [9.17, 15) is 15.2 Å². The van der Waals surface area contributed by atoms with Crippen LogP contribution >= 0.6 is 0 Å². The van der Waals surface area contributed by atoms with Crippen molar-refractivity contribution in [3.8, 4) is 11.1 Å². The highest BCUT2D eigenvalue weighted by Gasteiger charge is 2.13. The monoisotopic (exact) mass is 257 g/mol. The van der Waals surface area contributed by atoms with Crippen molar-refractivity contribution >= 4 is 5.69 Å². The molecule has 0 heterocycles. The third-order valence-corrected chi connectivity index (χ3v) is 3.13. The number of aliphatic hydroxyl groups is 1. The second-order valence-corrected chi connectivity index (χ2v) is 4.57. The van der Waals surface area contributed by atoms with E-state index in [0.717, 1.165) is 27.8 Å². The summed E-state index contributed by atoms with van der Waals surface area (Å²) in [4.78, 5) is 10.4. The Labute approximate surface area is 111 Å². The lowest BCUT2D eigenvalue weighted by atomic mass is 9.94. The van der Waals surface area contributed by atoms with Crippen LogP contribution in [0.15, 0.2) is 36.4 Å². The number of nitro benzene ring substituents is 1. The number of aryl methyl sites for hydroxylation is 2. The summed E-state index contributed by atoms with van der Waals surface area (Å²) >= 11 is 0. The molecule has 4 nitrogen and oxygen atoms in total. The highest BCUT2D eigenvalue weighted by molar-refractivity contribution is 5.73. The molecular formula is C15H15NO3. The molecule has 1 N–H and O–H groups in total. The third kappa shape index (κ3) is 2.63. The summed E-state index contributed by atoms with van der Waals surface area (Å²) in [6.07, 6.45) is 0. The van der Waals surface area contributed by atoms with Gasteiger partial charge < -0.3 is 5.11 Å². The number of non-ortho nitro benzene ring substituents is 1. The molecule has 0 atom stereocenters. The SMILES string of the molecule is Cc1cc([N+](=O)[O-])cc(C)c1-c1cccc(CO)c1. The fraction of sp³-hybridized carbons (Fsp3) is 0.200. The zero-order valence-electron chi connectivity index (χ0n) is 10.9. The van der Waals surface area contributed by atoms with Gasteiger partial charge in [-0.05, 0) is 47.7 Å². The lowest BCUT2D eigenvalue weighted by Gasteiger charge is -2.11. The molecule has 2 aromatic rings. The average molecular weight is 257 g/mol. The highest BCUT2D eigenvalue weighted by atomic mass is 16.6. The van der Waals surface area contributed by atoms with E-state index >= 15 is 0 Å². The molecule has 0 aliphatic carbocycles. The molecule has 2 aromatic carbocycles. The van der Waals surface area contributed by atoms with Crippen LogP contribution in [0.5, 0.6) is 0 Å². The molecule has 0 unspecified atom stereocenters. The van der Waals surface area contributed by atoms with Gasteiger partial charge in [0, 0.05) is 12.1 Å². The molecule has 0 saturated carbocycles. The Hall–Kier alpha value is -2.20. The summed E-state index contributed by atoms with van der Waals surface area (Å²) in [6.45, 7) is 3.71. The van der Waals surface area contributed by atoms with Gasteiger partial charge in [0.05, 0.1) is 11.5 Å². The number of nitro groups is 1. The van der Waals surface area contributed by atoms with Crippen molar-refractivity contribution in [2.24, 2.45) is 0 Å². The van der Waals surface area contributed by atoms with Crippen LogP contribution in [0, 0.1) is 24.0 Å². The summed E-state index contributed by atoms with van der Waals surface area (Å²) in [5.74, 6) is 0. The van der Waals surface area contributed by atoms with E-state index in [0.29, 0.717) is 0 Å². The van der Waals surface area contributed by atoms with Gasteiger partial charge in [0.25, 0.3) is 5.69 Å². The first-order chi connectivity index (χ1) is 9.02. The summed E-state index contributed by atoms with van der Waals surface area (Å²) in [6, 6.07) is 10.7. The second-order valence-electron chi connectivity index (χ2n) is 4.57. The van der Waals surface area contributed by atoms with Crippen molar-refractivity contribution in [1.29, 1.82) is 0 Å². The van der Waals surface area contributed by atoms with Crippen LogP contribution in [0.1, 0.15) is 16.7 Å². The fourth-order valence-corrected chi connectivity index (χ4v) is 2.33. The minimum absolute atomic E-state index is 0.0150. The predicted molar refractivity (Wildman–Crippen MR) is 73.9 cm³/mol. The zero-order chi connectivity index (χ0) is 14.0. The van der Waals surface area contributed by atoms with Crippen LogP contribution in [0.3, 0.4) is 0 Å². The van der Waals surface area contributed by atoms with Gasteiger partial charge in [0.2, 0.25) is 0 Å². The summed E-state index contributed by atoms with van der Waals surface area (Å²) in [5.41, 5.74) is 4.62. The summed E-state index contributed by atoms with van der Waals surface area (Å²) in [7, 11) is 0. The first kappa shape index (κ1) is 13.2. The van der Waals surface area contributed by atoms with Crippen LogP contribution in [0.2, 0.25) is 0 Å². The molecule has 0 aromatic heterocycles. The quantitative estimate of drug-likeness (QED) is 0.677. The van der Waals surface area contributed by atoms with Crippen LogP contribution in [-0.2, 0) is 6.61 Å². The number of hydrogen-bond acceptors (Lipinski definition) is 3. The van der Waals surface area contributed by atoms with Crippen LogP contribution < -0.4 is 0 Å². The number of benzene rings is 2. The maximum atomic E-state index is 10.8. The maximum absolute atomic E-state index is 10.8. The molecule has 0 bridgehead atoms. The zero-order valence-corrected chi connectivity index (χ0v) is 10.9. The standard InChI is InChI=1S/C15H15NO3/c1-10-6-14(16(18)19)7-11(2)15(10)13-5-3-4-12(8-13)9-17/h3-8,17H,9H2,1-2H3. The Kier molecular flexibility index (Phi) is 3.62. The van der Waals surface area contributed by atoms with Gasteiger partial charge in [-0.1, -0.05) is 18.2 Å². The van der Waals surface area contributed by atoms with Gasteiger partial charge in [0.1, 0.15) is 0 Å². The van der Waals surface area contributed by atoms with E-state index in [4.69, 9.17) is 0 Å². The van der Waals surface area contributed by atoms with Crippen LogP contribution in [0.4, 0.5) is 5.69 Å². The third-order valence-electron chi connectivity index (χ3n) is 3.13. The van der Waals surface area contributed by atoms with Crippen molar-refractivity contribution < 1.29 is 10.0 Å². The van der Waals surface area contributed by atoms with Gasteiger partial charge in [-0.25, -0.2) is 0 Å². The molecule has 0 radical (unpaired) electrons. The molecule has 0 saturated heterocycles. The van der Waals surface area contributed by atoms with Crippen LogP contribution in [0.25, 0.3) is 11.1 Å². The van der Waals surface area contributed by atoms with E-state index in [1.165, 1.54) is 0 Å². The van der Waals surface area contributed by atoms with Gasteiger partial charge >= 0.3 is 0 Å². The van der Waals surface area contributed by atoms with Gasteiger partial charge in [0.15, 0.2) is 0 Å². The Bertz CT molecular complexity index is 612. The predicted octanol–water partition coefficient (Wildman–Crippen LogP) is 3.37. The number of aliphatic hydroxyl groups excluding tert-OH is 1. The largest absolute Gasteiger partial charge is 0.392 e. The smallest absolute Gasteiger partial charge is 0.269 e. The van der Waals surface area contributed by atoms with Gasteiger partial charge in [-0.3, -0.25) is 10.1 Å². The lowest BCUT2D eigenvalue weighted by molar-refractivity contribution is -0.384. The van der Waals surface area contributed by atoms with Crippen molar-refractivity contribution in [2.75, 3.05) is 0 Å². The Morgan fingerprint density at radius 1 is 1.16 bits per heavy atom. The number of nitrogens with zero attached hydrogens (tertiary/aromatic N) is 1.